The van der Waals surface area contributed by atoms with Crippen molar-refractivity contribution in [3.8, 4) is 11.8 Å². The van der Waals surface area contributed by atoms with Crippen molar-refractivity contribution in [2.45, 2.75) is 109 Å². The molecule has 0 spiro atoms. The maximum atomic E-state index is 16.0. The van der Waals surface area contributed by atoms with Gasteiger partial charge in [-0.25, -0.2) is 33.4 Å². The van der Waals surface area contributed by atoms with E-state index in [1.54, 1.807) is 30.5 Å². The molecule has 7 N–H and O–H groups in total. The lowest BCUT2D eigenvalue weighted by molar-refractivity contribution is -0.220. The highest BCUT2D eigenvalue weighted by atomic mass is 19.4. The molecule has 3 aromatic rings. The fourth-order valence-corrected chi connectivity index (χ4v) is 9.40. The summed E-state index contributed by atoms with van der Waals surface area (Å²) >= 11 is 0. The number of alkyl halides is 6. The Kier molecular flexibility index (Phi) is 20.3. The number of alkyl carbamates (subject to hydrolysis) is 2. The second kappa shape index (κ2) is 26.3. The van der Waals surface area contributed by atoms with E-state index < -0.39 is 109 Å². The molecule has 1 aromatic heterocycles. The molecular weight excluding hydrogens is 1060 g/mol. The van der Waals surface area contributed by atoms with E-state index in [0.717, 1.165) is 70.4 Å². The molecule has 2 aromatic carbocycles. The maximum Gasteiger partial charge on any atom is 0.407 e. The number of aliphatic imine (C=N–C) groups is 1. The lowest BCUT2D eigenvalue weighted by Gasteiger charge is -2.47. The van der Waals surface area contributed by atoms with Crippen LogP contribution in [0.15, 0.2) is 65.9 Å². The summed E-state index contributed by atoms with van der Waals surface area (Å²) in [6.45, 7) is 0.689. The van der Waals surface area contributed by atoms with Gasteiger partial charge in [-0.15, -0.1) is 0 Å². The number of nitrogens with two attached hydrogens (primary N) is 1. The molecule has 4 amide bonds. The van der Waals surface area contributed by atoms with Crippen molar-refractivity contribution in [3.63, 3.8) is 0 Å². The topological polar surface area (TPSA) is 225 Å². The second-order valence-corrected chi connectivity index (χ2v) is 20.6. The summed E-state index contributed by atoms with van der Waals surface area (Å²) in [6.07, 6.45) is -4.86. The zero-order chi connectivity index (χ0) is 58.0. The third-order valence-corrected chi connectivity index (χ3v) is 14.2. The number of ether oxygens (including phenoxy) is 3. The van der Waals surface area contributed by atoms with E-state index in [1.165, 1.54) is 13.8 Å². The molecule has 3 aliphatic heterocycles. The SMILES string of the molecule is COC(=O)N[C@H](C(=O)NN(Cc1c(F)cc(C(C=NC(F)F)=CN)cc1F)C[C@H](O)[C@H](Cc1ccc(C#Cc2ccc(N3CC4CCC(C3)N4C3COC3)nc2)cc1)NC(=O)[C@@H](NC(=O)OC)C(C)(C)C(F)(F)F)C(C)(C)CF. The monoisotopic (exact) mass is 1120 g/mol. The Balaban J connectivity index is 1.30. The number of allylic oxidation sites excluding steroid dienone is 1. The van der Waals surface area contributed by atoms with Crippen molar-refractivity contribution in [1.82, 2.24) is 36.3 Å². The molecule has 0 aliphatic carbocycles. The molecule has 0 saturated carbocycles. The number of aliphatic hydroxyl groups excluding tert-OH is 1. The third-order valence-electron chi connectivity index (χ3n) is 14.2. The first-order valence-corrected chi connectivity index (χ1v) is 25.0. The van der Waals surface area contributed by atoms with Gasteiger partial charge in [-0.3, -0.25) is 24.3 Å². The number of halogens is 8. The van der Waals surface area contributed by atoms with Gasteiger partial charge in [0.1, 0.15) is 29.5 Å². The van der Waals surface area contributed by atoms with Crippen LogP contribution < -0.4 is 32.0 Å². The molecule has 3 fully saturated rings. The number of aromatic nitrogens is 1. The maximum absolute atomic E-state index is 16.0. The molecule has 6 atom stereocenters. The van der Waals surface area contributed by atoms with E-state index in [2.05, 4.69) is 52.2 Å². The molecule has 3 saturated heterocycles. The fraction of sp³-hybridized carbons (Fsp3) is 0.509. The molecule has 430 valence electrons. The minimum absolute atomic E-state index is 0.322. The minimum Gasteiger partial charge on any atom is -0.453 e. The van der Waals surface area contributed by atoms with Crippen molar-refractivity contribution in [1.29, 1.82) is 0 Å². The number of rotatable bonds is 21. The van der Waals surface area contributed by atoms with Gasteiger partial charge in [-0.2, -0.15) is 22.0 Å². The molecule has 2 unspecified atom stereocenters. The minimum atomic E-state index is -5.12. The van der Waals surface area contributed by atoms with Crippen LogP contribution in [0.1, 0.15) is 68.4 Å². The number of piperazine rings is 1. The molecular formula is C53H64F8N10O8. The number of carbonyl (C=O) groups is 4. The molecule has 26 heteroatoms. The summed E-state index contributed by atoms with van der Waals surface area (Å²) in [6, 6.07) is 7.00. The third kappa shape index (κ3) is 15.4. The van der Waals surface area contributed by atoms with Gasteiger partial charge >= 0.3 is 24.9 Å². The quantitative estimate of drug-likeness (QED) is 0.0260. The number of anilines is 1. The number of nitrogens with zero attached hydrogens (tertiary/aromatic N) is 5. The molecule has 18 nitrogen and oxygen atoms in total. The summed E-state index contributed by atoms with van der Waals surface area (Å²) in [5.41, 5.74) is 3.15. The van der Waals surface area contributed by atoms with Crippen molar-refractivity contribution >= 4 is 41.6 Å². The Morgan fingerprint density at radius 3 is 1.97 bits per heavy atom. The lowest BCUT2D eigenvalue weighted by atomic mass is 9.82. The van der Waals surface area contributed by atoms with Crippen molar-refractivity contribution < 1.29 is 73.6 Å². The average Bonchev–Trinajstić information content (AvgIpc) is 3.79. The number of pyridine rings is 1. The van der Waals surface area contributed by atoms with E-state index in [-0.39, 0.29) is 17.6 Å². The number of hydrogen-bond donors (Lipinski definition) is 6. The number of nitrogens with one attached hydrogen (secondary N) is 4. The number of fused-ring (bicyclic) bond motifs is 2. The molecule has 2 bridgehead atoms. The molecule has 79 heavy (non-hydrogen) atoms. The summed E-state index contributed by atoms with van der Waals surface area (Å²) in [5, 5.41) is 19.3. The van der Waals surface area contributed by atoms with Gasteiger partial charge in [0.25, 0.3) is 5.91 Å². The highest BCUT2D eigenvalue weighted by Crippen LogP contribution is 2.41. The number of aliphatic hydroxyl groups is 1. The first-order valence-electron chi connectivity index (χ1n) is 25.0. The highest BCUT2D eigenvalue weighted by molar-refractivity contribution is 6.09. The zero-order valence-corrected chi connectivity index (χ0v) is 44.2. The Bertz CT molecular complexity index is 2720. The average molecular weight is 1120 g/mol. The summed E-state index contributed by atoms with van der Waals surface area (Å²) in [5.74, 6) is 1.59. The Morgan fingerprint density at radius 2 is 1.47 bits per heavy atom. The van der Waals surface area contributed by atoms with Crippen LogP contribution >= 0.6 is 0 Å². The van der Waals surface area contributed by atoms with E-state index >= 15 is 8.78 Å². The summed E-state index contributed by atoms with van der Waals surface area (Å²) in [7, 11) is 1.81. The number of methoxy groups -OCH3 is 2. The van der Waals surface area contributed by atoms with Gasteiger partial charge in [-0.05, 0) is 80.6 Å². The number of benzene rings is 2. The number of amides is 4. The largest absolute Gasteiger partial charge is 0.453 e. The lowest BCUT2D eigenvalue weighted by Crippen LogP contribution is -2.63. The van der Waals surface area contributed by atoms with Gasteiger partial charge in [-0.1, -0.05) is 37.8 Å². The molecule has 6 rings (SSSR count). The van der Waals surface area contributed by atoms with E-state index in [9.17, 15) is 50.6 Å². The Morgan fingerprint density at radius 1 is 0.886 bits per heavy atom. The van der Waals surface area contributed by atoms with E-state index in [1.807, 2.05) is 17.4 Å². The normalized spacial score (nSPS) is 18.7. The predicted molar refractivity (Wildman–Crippen MR) is 274 cm³/mol. The standard InChI is InChI=1S/C53H64F8N10O8/c1-51(2,29-54)44(66-49(75)77-5)47(74)68-70(25-38-39(55)18-33(19-40(38)56)34(20-62)22-64-48(57)58)26-42(72)41(65-46(73)45(67-50(76)78-6)52(3,4)53(59,60)61)17-31-10-7-30(8-11-31)9-12-32-13-16-43(63-21-32)69-23-35-14-15-36(24-69)71(35)37-27-79-28-37/h7-8,10-11,13,16,18-22,35-37,41-42,44-45,48,72H,14-15,17,23-29,62H2,1-6H3,(H,65,73)(H,66,75)(H,67,76)(H,68,74)/t35?,36?,41-,42-,44+,45+/m0/s1. The van der Waals surface area contributed by atoms with Crippen LogP contribution in [-0.4, -0.2) is 159 Å². The predicted octanol–water partition coefficient (Wildman–Crippen LogP) is 5.36. The Hall–Kier alpha value is -7.08. The number of carbonyl (C=O) groups excluding carboxylic acids is 4. The fourth-order valence-electron chi connectivity index (χ4n) is 9.40. The van der Waals surface area contributed by atoms with Gasteiger partial charge in [0, 0.05) is 84.6 Å². The smallest absolute Gasteiger partial charge is 0.407 e. The summed E-state index contributed by atoms with van der Waals surface area (Å²) in [4.78, 5) is 65.4. The molecule has 4 heterocycles. The van der Waals surface area contributed by atoms with Crippen LogP contribution in [0.2, 0.25) is 0 Å². The first-order chi connectivity index (χ1) is 37.3. The van der Waals surface area contributed by atoms with Crippen LogP contribution in [0.4, 0.5) is 50.5 Å². The molecule has 3 aliphatic rings. The van der Waals surface area contributed by atoms with Crippen LogP contribution in [0.5, 0.6) is 0 Å². The van der Waals surface area contributed by atoms with Gasteiger partial charge < -0.3 is 45.9 Å². The number of hydrogen-bond acceptors (Lipinski definition) is 14. The van der Waals surface area contributed by atoms with Gasteiger partial charge in [0.2, 0.25) is 5.91 Å². The number of hydrazine groups is 1. The van der Waals surface area contributed by atoms with Crippen LogP contribution in [0, 0.1) is 34.3 Å². The second-order valence-electron chi connectivity index (χ2n) is 20.6. The van der Waals surface area contributed by atoms with E-state index in [0.29, 0.717) is 67.0 Å². The van der Waals surface area contributed by atoms with Crippen molar-refractivity contribution in [2.24, 2.45) is 21.6 Å². The van der Waals surface area contributed by atoms with Gasteiger partial charge in [0.15, 0.2) is 0 Å². The van der Waals surface area contributed by atoms with Crippen LogP contribution in [0.3, 0.4) is 0 Å². The molecule has 0 radical (unpaired) electrons. The zero-order valence-electron chi connectivity index (χ0n) is 44.2. The van der Waals surface area contributed by atoms with E-state index in [4.69, 9.17) is 15.5 Å². The van der Waals surface area contributed by atoms with Crippen LogP contribution in [0.25, 0.3) is 5.57 Å². The summed E-state index contributed by atoms with van der Waals surface area (Å²) < 4.78 is 131. The van der Waals surface area contributed by atoms with Gasteiger partial charge in [0.05, 0.1) is 57.7 Å². The van der Waals surface area contributed by atoms with Crippen LogP contribution in [-0.2, 0) is 36.8 Å². The first kappa shape index (κ1) is 61.1. The van der Waals surface area contributed by atoms with Crippen molar-refractivity contribution in [2.75, 3.05) is 58.6 Å². The highest BCUT2D eigenvalue weighted by Gasteiger charge is 2.56. The Labute approximate surface area is 451 Å². The van der Waals surface area contributed by atoms with Crippen molar-refractivity contribution in [3.05, 3.63) is 100 Å².